The molecule has 0 saturated carbocycles. The lowest BCUT2D eigenvalue weighted by molar-refractivity contribution is 0.112. The van der Waals surface area contributed by atoms with Gasteiger partial charge >= 0.3 is 0 Å². The van der Waals surface area contributed by atoms with Crippen molar-refractivity contribution in [2.24, 2.45) is 0 Å². The molecule has 0 radical (unpaired) electrons. The highest BCUT2D eigenvalue weighted by Crippen LogP contribution is 2.27. The van der Waals surface area contributed by atoms with E-state index >= 15 is 0 Å². The van der Waals surface area contributed by atoms with Gasteiger partial charge in [-0.25, -0.2) is 4.39 Å². The lowest BCUT2D eigenvalue weighted by Crippen LogP contribution is -2.08. The Balaban J connectivity index is 1.82. The van der Waals surface area contributed by atoms with Crippen molar-refractivity contribution >= 4 is 26.9 Å². The van der Waals surface area contributed by atoms with Crippen molar-refractivity contribution in [1.29, 1.82) is 0 Å². The highest BCUT2D eigenvalue weighted by Gasteiger charge is 2.13. The van der Waals surface area contributed by atoms with Gasteiger partial charge in [-0.05, 0) is 49.4 Å². The second-order valence-corrected chi connectivity index (χ2v) is 6.49. The Morgan fingerprint density at radius 1 is 1.08 bits per heavy atom. The van der Waals surface area contributed by atoms with Crippen LogP contribution in [0.3, 0.4) is 0 Å². The maximum Gasteiger partial charge on any atom is 0.196 e. The number of alkyl halides is 1. The van der Waals surface area contributed by atoms with E-state index in [0.29, 0.717) is 42.5 Å². The highest BCUT2D eigenvalue weighted by atomic mass is 79.9. The molecule has 0 aliphatic rings. The van der Waals surface area contributed by atoms with Crippen LogP contribution in [0.5, 0.6) is 5.75 Å². The lowest BCUT2D eigenvalue weighted by Gasteiger charge is -2.09. The van der Waals surface area contributed by atoms with E-state index in [-0.39, 0.29) is 10.8 Å². The van der Waals surface area contributed by atoms with Crippen molar-refractivity contribution in [2.75, 3.05) is 25.2 Å². The molecule has 0 amide bonds. The summed E-state index contributed by atoms with van der Waals surface area (Å²) in [6, 6.07) is 11.2. The molecule has 0 aliphatic heterocycles. The van der Waals surface area contributed by atoms with E-state index in [0.717, 1.165) is 10.9 Å². The van der Waals surface area contributed by atoms with E-state index in [2.05, 4.69) is 15.9 Å². The Labute approximate surface area is 158 Å². The number of ether oxygens (including phenoxy) is 2. The monoisotopic (exact) mass is 420 g/mol. The van der Waals surface area contributed by atoms with Crippen molar-refractivity contribution in [3.63, 3.8) is 0 Å². The Hall–Kier alpha value is -2.18. The Morgan fingerprint density at radius 3 is 2.58 bits per heavy atom. The molecule has 4 nitrogen and oxygen atoms in total. The average Bonchev–Trinajstić information content (AvgIpc) is 2.65. The summed E-state index contributed by atoms with van der Waals surface area (Å²) in [6.45, 7) is 3.30. The third-order valence-corrected chi connectivity index (χ3v) is 4.24. The molecule has 0 saturated heterocycles. The number of benzene rings is 2. The van der Waals surface area contributed by atoms with Crippen LogP contribution >= 0.6 is 15.9 Å². The molecule has 0 N–H and O–H groups in total. The molecule has 1 heterocycles. The van der Waals surface area contributed by atoms with Gasteiger partial charge in [0.25, 0.3) is 0 Å². The minimum atomic E-state index is -0.460. The van der Waals surface area contributed by atoms with Crippen LogP contribution in [0.25, 0.3) is 22.3 Å². The zero-order valence-electron chi connectivity index (χ0n) is 14.3. The number of hydrogen-bond donors (Lipinski definition) is 0. The molecule has 0 atom stereocenters. The van der Waals surface area contributed by atoms with Gasteiger partial charge in [0.15, 0.2) is 5.43 Å². The molecule has 0 unspecified atom stereocenters. The van der Waals surface area contributed by atoms with Crippen LogP contribution in [0, 0.1) is 12.7 Å². The van der Waals surface area contributed by atoms with Gasteiger partial charge in [-0.1, -0.05) is 15.9 Å². The summed E-state index contributed by atoms with van der Waals surface area (Å²) < 4.78 is 30.2. The topological polar surface area (TPSA) is 48.7 Å². The van der Waals surface area contributed by atoms with Crippen molar-refractivity contribution < 1.29 is 18.3 Å². The predicted molar refractivity (Wildman–Crippen MR) is 103 cm³/mol. The molecule has 3 aromatic rings. The van der Waals surface area contributed by atoms with E-state index in [9.17, 15) is 9.18 Å². The maximum absolute atomic E-state index is 13.4. The van der Waals surface area contributed by atoms with Gasteiger partial charge in [-0.15, -0.1) is 0 Å². The van der Waals surface area contributed by atoms with Gasteiger partial charge in [-0.3, -0.25) is 4.79 Å². The Morgan fingerprint density at radius 2 is 1.85 bits per heavy atom. The molecular weight excluding hydrogens is 403 g/mol. The fraction of sp³-hybridized carbons (Fsp3) is 0.250. The SMILES string of the molecule is Cc1c(-c2ccc(OCCOCCBr)cc2)oc2ccc(F)cc2c1=O. The van der Waals surface area contributed by atoms with Gasteiger partial charge in [0.1, 0.15) is 29.5 Å². The zero-order valence-corrected chi connectivity index (χ0v) is 15.8. The quantitative estimate of drug-likeness (QED) is 0.410. The smallest absolute Gasteiger partial charge is 0.196 e. The van der Waals surface area contributed by atoms with Crippen molar-refractivity contribution in [3.8, 4) is 17.1 Å². The predicted octanol–water partition coefficient (Wildman–Crippen LogP) is 4.70. The number of halogens is 2. The van der Waals surface area contributed by atoms with Crippen LogP contribution in [-0.4, -0.2) is 25.2 Å². The number of fused-ring (bicyclic) bond motifs is 1. The van der Waals surface area contributed by atoms with Crippen molar-refractivity contribution in [1.82, 2.24) is 0 Å². The minimum absolute atomic E-state index is 0.231. The second kappa shape index (κ2) is 8.47. The third-order valence-electron chi connectivity index (χ3n) is 3.91. The van der Waals surface area contributed by atoms with E-state index in [4.69, 9.17) is 13.9 Å². The molecule has 0 aliphatic carbocycles. The van der Waals surface area contributed by atoms with Crippen molar-refractivity contribution in [3.05, 3.63) is 64.1 Å². The standard InChI is InChI=1S/C20H18BrFO4/c1-13-19(23)17-12-15(22)4-7-18(17)26-20(13)14-2-5-16(6-3-14)25-11-10-24-9-8-21/h2-7,12H,8-11H2,1H3. The first-order valence-electron chi connectivity index (χ1n) is 8.20. The zero-order chi connectivity index (χ0) is 18.5. The summed E-state index contributed by atoms with van der Waals surface area (Å²) in [5.41, 5.74) is 1.33. The van der Waals surface area contributed by atoms with Gasteiger partial charge in [-0.2, -0.15) is 0 Å². The molecule has 26 heavy (non-hydrogen) atoms. The van der Waals surface area contributed by atoms with Crippen LogP contribution in [0.1, 0.15) is 5.56 Å². The fourth-order valence-electron chi connectivity index (χ4n) is 2.61. The molecule has 0 spiro atoms. The fourth-order valence-corrected chi connectivity index (χ4v) is 2.84. The first-order chi connectivity index (χ1) is 12.6. The molecule has 2 aromatic carbocycles. The van der Waals surface area contributed by atoms with Gasteiger partial charge < -0.3 is 13.9 Å². The number of rotatable bonds is 7. The summed E-state index contributed by atoms with van der Waals surface area (Å²) in [7, 11) is 0. The van der Waals surface area contributed by atoms with Crippen LogP contribution in [-0.2, 0) is 4.74 Å². The van der Waals surface area contributed by atoms with Crippen LogP contribution in [0.2, 0.25) is 0 Å². The summed E-state index contributed by atoms with van der Waals surface area (Å²) in [4.78, 5) is 12.5. The third kappa shape index (κ3) is 4.14. The molecule has 136 valence electrons. The highest BCUT2D eigenvalue weighted by molar-refractivity contribution is 9.09. The molecular formula is C20H18BrFO4. The van der Waals surface area contributed by atoms with Crippen LogP contribution in [0.15, 0.2) is 51.7 Å². The van der Waals surface area contributed by atoms with Crippen LogP contribution in [0.4, 0.5) is 4.39 Å². The number of hydrogen-bond acceptors (Lipinski definition) is 4. The summed E-state index contributed by atoms with van der Waals surface area (Å²) >= 11 is 3.29. The summed E-state index contributed by atoms with van der Waals surface area (Å²) in [5, 5.41) is 1.04. The maximum atomic E-state index is 13.4. The van der Waals surface area contributed by atoms with E-state index < -0.39 is 5.82 Å². The largest absolute Gasteiger partial charge is 0.491 e. The first kappa shape index (κ1) is 18.6. The van der Waals surface area contributed by atoms with E-state index in [1.165, 1.54) is 18.2 Å². The molecule has 1 aromatic heterocycles. The average molecular weight is 421 g/mol. The van der Waals surface area contributed by atoms with Gasteiger partial charge in [0.05, 0.1) is 18.6 Å². The van der Waals surface area contributed by atoms with Crippen molar-refractivity contribution in [2.45, 2.75) is 6.92 Å². The molecule has 3 rings (SSSR count). The second-order valence-electron chi connectivity index (χ2n) is 5.70. The van der Waals surface area contributed by atoms with Crippen LogP contribution < -0.4 is 10.2 Å². The first-order valence-corrected chi connectivity index (χ1v) is 9.32. The lowest BCUT2D eigenvalue weighted by atomic mass is 10.1. The minimum Gasteiger partial charge on any atom is -0.491 e. The Bertz CT molecular complexity index is 950. The molecule has 0 bridgehead atoms. The van der Waals surface area contributed by atoms with Gasteiger partial charge in [0.2, 0.25) is 0 Å². The molecule has 6 heteroatoms. The summed E-state index contributed by atoms with van der Waals surface area (Å²) in [6.07, 6.45) is 0. The van der Waals surface area contributed by atoms with E-state index in [1.54, 1.807) is 6.92 Å². The summed E-state index contributed by atoms with van der Waals surface area (Å²) in [5.74, 6) is 0.721. The Kier molecular flexibility index (Phi) is 6.06. The normalized spacial score (nSPS) is 11.0. The van der Waals surface area contributed by atoms with E-state index in [1.807, 2.05) is 24.3 Å². The van der Waals surface area contributed by atoms with Gasteiger partial charge in [0, 0.05) is 16.5 Å². The molecule has 0 fully saturated rings.